The third-order valence-corrected chi connectivity index (χ3v) is 0.783. The Kier molecular flexibility index (Phi) is 14.0. The third-order valence-electron chi connectivity index (χ3n) is 0.518. The summed E-state index contributed by atoms with van der Waals surface area (Å²) in [4.78, 5) is 0. The smallest absolute Gasteiger partial charge is 0.0319 e. The highest BCUT2D eigenvalue weighted by atomic mass is 79.9. The molecule has 0 fully saturated rings. The molecule has 0 rings (SSSR count). The van der Waals surface area contributed by atoms with Crippen LogP contribution in [-0.4, -0.2) is 12.2 Å². The van der Waals surface area contributed by atoms with Crippen LogP contribution in [0.3, 0.4) is 0 Å². The summed E-state index contributed by atoms with van der Waals surface area (Å²) >= 11 is 3.29. The Labute approximate surface area is 65.2 Å². The Morgan fingerprint density at radius 3 is 2.00 bits per heavy atom. The first kappa shape index (κ1) is 11.7. The average Bonchev–Trinajstić information content (AvgIpc) is 1.88. The van der Waals surface area contributed by atoms with E-state index in [9.17, 15) is 0 Å². The van der Waals surface area contributed by atoms with Crippen LogP contribution in [0.25, 0.3) is 0 Å². The first-order valence-corrected chi connectivity index (χ1v) is 3.46. The zero-order chi connectivity index (χ0) is 7.70. The largest absolute Gasteiger partial charge is 0.400 e. The molecule has 9 heavy (non-hydrogen) atoms. The van der Waals surface area contributed by atoms with E-state index in [0.717, 1.165) is 11.6 Å². The number of rotatable bonds is 1. The highest BCUT2D eigenvalue weighted by molar-refractivity contribution is 9.11. The maximum Gasteiger partial charge on any atom is 0.0319 e. The van der Waals surface area contributed by atoms with Crippen LogP contribution in [-0.2, 0) is 0 Å². The summed E-state index contributed by atoms with van der Waals surface area (Å²) in [6, 6.07) is 0. The van der Waals surface area contributed by atoms with Gasteiger partial charge < -0.3 is 5.11 Å². The molecule has 0 atom stereocenters. The van der Waals surface area contributed by atoms with Crippen LogP contribution in [0.15, 0.2) is 22.7 Å². The summed E-state index contributed by atoms with van der Waals surface area (Å²) < 4.78 is 1.16. The predicted molar refractivity (Wildman–Crippen MR) is 45.6 cm³/mol. The molecule has 0 spiro atoms. The fraction of sp³-hybridized carbons (Fsp3) is 0.429. The average molecular weight is 193 g/mol. The van der Waals surface area contributed by atoms with Crippen molar-refractivity contribution in [3.05, 3.63) is 22.7 Å². The van der Waals surface area contributed by atoms with Crippen molar-refractivity contribution in [1.82, 2.24) is 0 Å². The maximum absolute atomic E-state index is 7.00. The molecule has 0 bridgehead atoms. The van der Waals surface area contributed by atoms with Crippen molar-refractivity contribution in [3.8, 4) is 0 Å². The number of hydrogen-bond donors (Lipinski definition) is 1. The van der Waals surface area contributed by atoms with Gasteiger partial charge in [-0.15, -0.1) is 0 Å². The molecule has 0 aromatic carbocycles. The van der Waals surface area contributed by atoms with Crippen molar-refractivity contribution < 1.29 is 5.11 Å². The first-order chi connectivity index (χ1) is 4.27. The molecular weight excluding hydrogens is 180 g/mol. The second-order valence-electron chi connectivity index (χ2n) is 1.28. The van der Waals surface area contributed by atoms with E-state index in [2.05, 4.69) is 15.9 Å². The van der Waals surface area contributed by atoms with Crippen molar-refractivity contribution in [1.29, 1.82) is 0 Å². The number of hydrogen-bond acceptors (Lipinski definition) is 1. The molecule has 0 saturated heterocycles. The second-order valence-corrected chi connectivity index (χ2v) is 2.53. The number of halogens is 1. The highest BCUT2D eigenvalue weighted by Gasteiger charge is 1.68. The summed E-state index contributed by atoms with van der Waals surface area (Å²) in [6.07, 6.45) is 5.98. The van der Waals surface area contributed by atoms with Gasteiger partial charge in [0.25, 0.3) is 0 Å². The molecule has 0 amide bonds. The topological polar surface area (TPSA) is 20.2 Å². The van der Waals surface area contributed by atoms with Crippen molar-refractivity contribution >= 4 is 15.9 Å². The van der Waals surface area contributed by atoms with Gasteiger partial charge in [0.15, 0.2) is 0 Å². The Hall–Kier alpha value is -0.0800. The van der Waals surface area contributed by atoms with Gasteiger partial charge in [-0.2, -0.15) is 0 Å². The molecular formula is C7H13BrO. The SMILES string of the molecule is C/C=C\C=C(/C)Br.CO. The van der Waals surface area contributed by atoms with E-state index in [4.69, 9.17) is 5.11 Å². The van der Waals surface area contributed by atoms with E-state index in [1.165, 1.54) is 0 Å². The minimum Gasteiger partial charge on any atom is -0.400 e. The van der Waals surface area contributed by atoms with Crippen molar-refractivity contribution in [2.24, 2.45) is 0 Å². The van der Waals surface area contributed by atoms with Crippen LogP contribution >= 0.6 is 15.9 Å². The van der Waals surface area contributed by atoms with E-state index >= 15 is 0 Å². The lowest BCUT2D eigenvalue weighted by Gasteiger charge is -1.75. The lowest BCUT2D eigenvalue weighted by atomic mass is 10.5. The summed E-state index contributed by atoms with van der Waals surface area (Å²) in [6.45, 7) is 3.99. The van der Waals surface area contributed by atoms with Crippen LogP contribution in [0, 0.1) is 0 Å². The van der Waals surface area contributed by atoms with Crippen LogP contribution in [0.5, 0.6) is 0 Å². The van der Waals surface area contributed by atoms with E-state index in [-0.39, 0.29) is 0 Å². The molecule has 0 aromatic heterocycles. The lowest BCUT2D eigenvalue weighted by molar-refractivity contribution is 0.399. The van der Waals surface area contributed by atoms with Gasteiger partial charge in [-0.1, -0.05) is 34.2 Å². The van der Waals surface area contributed by atoms with Gasteiger partial charge in [0, 0.05) is 7.11 Å². The zero-order valence-corrected chi connectivity index (χ0v) is 7.64. The minimum atomic E-state index is 1.00. The molecule has 0 aliphatic carbocycles. The monoisotopic (exact) mass is 192 g/mol. The fourth-order valence-corrected chi connectivity index (χ4v) is 0.381. The van der Waals surface area contributed by atoms with E-state index in [1.807, 2.05) is 32.1 Å². The molecule has 1 nitrogen and oxygen atoms in total. The Morgan fingerprint density at radius 1 is 1.44 bits per heavy atom. The fourth-order valence-electron chi connectivity index (χ4n) is 0.229. The normalized spacial score (nSPS) is 11.0. The predicted octanol–water partition coefficient (Wildman–Crippen LogP) is 2.47. The summed E-state index contributed by atoms with van der Waals surface area (Å²) in [5.74, 6) is 0. The Bertz CT molecular complexity index is 91.1. The van der Waals surface area contributed by atoms with E-state index in [1.54, 1.807) is 0 Å². The highest BCUT2D eigenvalue weighted by Crippen LogP contribution is 2.00. The quantitative estimate of drug-likeness (QED) is 0.634. The van der Waals surface area contributed by atoms with Crippen molar-refractivity contribution in [2.75, 3.05) is 7.11 Å². The van der Waals surface area contributed by atoms with Crippen molar-refractivity contribution in [2.45, 2.75) is 13.8 Å². The molecule has 0 aliphatic rings. The third kappa shape index (κ3) is 18.1. The molecule has 2 heteroatoms. The molecule has 0 aliphatic heterocycles. The molecule has 0 heterocycles. The summed E-state index contributed by atoms with van der Waals surface area (Å²) in [5, 5.41) is 7.00. The molecule has 1 N–H and O–H groups in total. The van der Waals surface area contributed by atoms with E-state index in [0.29, 0.717) is 0 Å². The number of allylic oxidation sites excluding steroid dienone is 4. The molecule has 0 radical (unpaired) electrons. The minimum absolute atomic E-state index is 1.00. The molecule has 54 valence electrons. The van der Waals surface area contributed by atoms with Crippen molar-refractivity contribution in [3.63, 3.8) is 0 Å². The van der Waals surface area contributed by atoms with Crippen LogP contribution in [0.1, 0.15) is 13.8 Å². The Morgan fingerprint density at radius 2 is 1.89 bits per heavy atom. The van der Waals surface area contributed by atoms with Gasteiger partial charge in [0.1, 0.15) is 0 Å². The summed E-state index contributed by atoms with van der Waals surface area (Å²) in [7, 11) is 1.00. The lowest BCUT2D eigenvalue weighted by Crippen LogP contribution is -1.50. The van der Waals surface area contributed by atoms with Gasteiger partial charge in [-0.05, 0) is 18.3 Å². The molecule has 0 saturated carbocycles. The van der Waals surface area contributed by atoms with Crippen LogP contribution in [0.2, 0.25) is 0 Å². The van der Waals surface area contributed by atoms with Gasteiger partial charge in [0.2, 0.25) is 0 Å². The standard InChI is InChI=1S/C6H9Br.CH4O/c1-3-4-5-6(2)7;1-2/h3-5H,1-2H3;2H,1H3/b4-3-,6-5+;. The number of aliphatic hydroxyl groups is 1. The number of aliphatic hydroxyl groups excluding tert-OH is 1. The Balaban J connectivity index is 0. The molecule has 0 unspecified atom stereocenters. The molecule has 0 aromatic rings. The van der Waals surface area contributed by atoms with Gasteiger partial charge in [-0.25, -0.2) is 0 Å². The second kappa shape index (κ2) is 10.8. The maximum atomic E-state index is 7.00. The van der Waals surface area contributed by atoms with E-state index < -0.39 is 0 Å². The first-order valence-electron chi connectivity index (χ1n) is 2.67. The van der Waals surface area contributed by atoms with Gasteiger partial charge >= 0.3 is 0 Å². The van der Waals surface area contributed by atoms with Crippen LogP contribution < -0.4 is 0 Å². The van der Waals surface area contributed by atoms with Gasteiger partial charge in [-0.3, -0.25) is 0 Å². The summed E-state index contributed by atoms with van der Waals surface area (Å²) in [5.41, 5.74) is 0. The van der Waals surface area contributed by atoms with Gasteiger partial charge in [0.05, 0.1) is 0 Å². The zero-order valence-electron chi connectivity index (χ0n) is 6.06. The van der Waals surface area contributed by atoms with Crippen LogP contribution in [0.4, 0.5) is 0 Å².